The number of ether oxygens (including phenoxy) is 3. The van der Waals surface area contributed by atoms with E-state index >= 15 is 0 Å². The van der Waals surface area contributed by atoms with E-state index in [1.807, 2.05) is 0 Å². The first kappa shape index (κ1) is 16.6. The van der Waals surface area contributed by atoms with E-state index in [1.54, 1.807) is 14.0 Å². The summed E-state index contributed by atoms with van der Waals surface area (Å²) in [6, 6.07) is 0.750. The van der Waals surface area contributed by atoms with Gasteiger partial charge in [-0.1, -0.05) is 0 Å². The van der Waals surface area contributed by atoms with Gasteiger partial charge in [0.25, 0.3) is 5.88 Å². The zero-order valence-corrected chi connectivity index (χ0v) is 11.7. The molecule has 0 saturated carbocycles. The van der Waals surface area contributed by atoms with Crippen molar-refractivity contribution >= 4 is 5.82 Å². The van der Waals surface area contributed by atoms with Crippen LogP contribution in [0.1, 0.15) is 13.3 Å². The molecule has 0 amide bonds. The normalized spacial score (nSPS) is 10.6. The van der Waals surface area contributed by atoms with Crippen LogP contribution in [0.4, 0.5) is 14.6 Å². The lowest BCUT2D eigenvalue weighted by Crippen LogP contribution is -2.11. The second-order valence-corrected chi connectivity index (χ2v) is 3.94. The number of pyridine rings is 1. The zero-order valence-electron chi connectivity index (χ0n) is 11.7. The van der Waals surface area contributed by atoms with Crippen LogP contribution in [0.3, 0.4) is 0 Å². The van der Waals surface area contributed by atoms with Crippen LogP contribution in [0.5, 0.6) is 5.88 Å². The fourth-order valence-electron chi connectivity index (χ4n) is 1.45. The second-order valence-electron chi connectivity index (χ2n) is 3.94. The largest absolute Gasteiger partial charge is 0.473 e. The Labute approximate surface area is 117 Å². The van der Waals surface area contributed by atoms with Crippen LogP contribution in [-0.4, -0.2) is 45.1 Å². The lowest BCUT2D eigenvalue weighted by Gasteiger charge is -2.10. The van der Waals surface area contributed by atoms with Crippen LogP contribution in [0.25, 0.3) is 0 Å². The monoisotopic (exact) mass is 290 g/mol. The number of anilines is 1. The summed E-state index contributed by atoms with van der Waals surface area (Å²) >= 11 is 0. The lowest BCUT2D eigenvalue weighted by atomic mass is 10.4. The Morgan fingerprint density at radius 3 is 2.65 bits per heavy atom. The van der Waals surface area contributed by atoms with Crippen molar-refractivity contribution in [3.05, 3.63) is 17.7 Å². The van der Waals surface area contributed by atoms with Crippen LogP contribution in [0.15, 0.2) is 6.07 Å². The number of halogens is 2. The highest BCUT2D eigenvalue weighted by Gasteiger charge is 2.12. The molecule has 0 aliphatic carbocycles. The third kappa shape index (κ3) is 5.66. The highest BCUT2D eigenvalue weighted by Crippen LogP contribution is 2.20. The summed E-state index contributed by atoms with van der Waals surface area (Å²) in [5.41, 5.74) is 0. The highest BCUT2D eigenvalue weighted by molar-refractivity contribution is 5.39. The van der Waals surface area contributed by atoms with Crippen molar-refractivity contribution in [2.24, 2.45) is 0 Å². The van der Waals surface area contributed by atoms with Gasteiger partial charge in [0.2, 0.25) is 0 Å². The van der Waals surface area contributed by atoms with Gasteiger partial charge in [-0.25, -0.2) is 8.78 Å². The predicted molar refractivity (Wildman–Crippen MR) is 71.1 cm³/mol. The molecule has 7 heteroatoms. The van der Waals surface area contributed by atoms with Crippen molar-refractivity contribution in [2.45, 2.75) is 13.3 Å². The highest BCUT2D eigenvalue weighted by atomic mass is 19.1. The number of nitrogens with zero attached hydrogens (tertiary/aromatic N) is 1. The van der Waals surface area contributed by atoms with Gasteiger partial charge in [0.15, 0.2) is 17.5 Å². The molecule has 0 unspecified atom stereocenters. The summed E-state index contributed by atoms with van der Waals surface area (Å²) in [4.78, 5) is 3.75. The van der Waals surface area contributed by atoms with Crippen molar-refractivity contribution < 1.29 is 23.0 Å². The minimum absolute atomic E-state index is 0.0232. The maximum atomic E-state index is 13.4. The van der Waals surface area contributed by atoms with Crippen LogP contribution < -0.4 is 10.1 Å². The Kier molecular flexibility index (Phi) is 7.82. The molecule has 1 aromatic heterocycles. The fraction of sp³-hybridized carbons (Fsp3) is 0.615. The van der Waals surface area contributed by atoms with Crippen LogP contribution in [-0.2, 0) is 9.47 Å². The molecular formula is C13H20F2N2O3. The molecule has 114 valence electrons. The summed E-state index contributed by atoms with van der Waals surface area (Å²) < 4.78 is 42.0. The van der Waals surface area contributed by atoms with Gasteiger partial charge in [0.1, 0.15) is 6.61 Å². The number of nitrogens with one attached hydrogen (secondary N) is 1. The van der Waals surface area contributed by atoms with E-state index in [1.165, 1.54) is 0 Å². The van der Waals surface area contributed by atoms with Crippen molar-refractivity contribution in [1.29, 1.82) is 0 Å². The van der Waals surface area contributed by atoms with Gasteiger partial charge >= 0.3 is 0 Å². The maximum Gasteiger partial charge on any atom is 0.252 e. The first-order chi connectivity index (χ1) is 9.69. The number of methoxy groups -OCH3 is 1. The average molecular weight is 290 g/mol. The van der Waals surface area contributed by atoms with Gasteiger partial charge in [-0.05, 0) is 13.3 Å². The minimum atomic E-state index is -0.830. The van der Waals surface area contributed by atoms with E-state index in [4.69, 9.17) is 14.2 Å². The number of hydrogen-bond donors (Lipinski definition) is 1. The molecule has 0 fully saturated rings. The summed E-state index contributed by atoms with van der Waals surface area (Å²) in [5, 5.41) is 2.69. The van der Waals surface area contributed by atoms with Crippen molar-refractivity contribution in [1.82, 2.24) is 4.98 Å². The minimum Gasteiger partial charge on any atom is -0.473 e. The van der Waals surface area contributed by atoms with Crippen LogP contribution in [0, 0.1) is 11.6 Å². The van der Waals surface area contributed by atoms with E-state index < -0.39 is 11.6 Å². The molecule has 0 atom stereocenters. The Bertz CT molecular complexity index is 405. The number of rotatable bonds is 10. The van der Waals surface area contributed by atoms with E-state index in [2.05, 4.69) is 10.3 Å². The summed E-state index contributed by atoms with van der Waals surface area (Å²) in [6.07, 6.45) is 0.782. The Morgan fingerprint density at radius 1 is 1.15 bits per heavy atom. The lowest BCUT2D eigenvalue weighted by molar-refractivity contribution is 0.0784. The first-order valence-corrected chi connectivity index (χ1v) is 6.48. The summed E-state index contributed by atoms with van der Waals surface area (Å²) in [5.74, 6) is -1.83. The molecule has 20 heavy (non-hydrogen) atoms. The molecule has 0 aromatic carbocycles. The van der Waals surface area contributed by atoms with Crippen LogP contribution in [0.2, 0.25) is 0 Å². The van der Waals surface area contributed by atoms with Gasteiger partial charge in [0, 0.05) is 32.9 Å². The Balaban J connectivity index is 2.37. The Hall–Kier alpha value is -1.47. The van der Waals surface area contributed by atoms with Gasteiger partial charge in [-0.15, -0.1) is 0 Å². The smallest absolute Gasteiger partial charge is 0.252 e. The van der Waals surface area contributed by atoms with Crippen molar-refractivity contribution in [3.8, 4) is 5.88 Å². The molecule has 5 nitrogen and oxygen atoms in total. The average Bonchev–Trinajstić information content (AvgIpc) is 2.42. The van der Waals surface area contributed by atoms with Gasteiger partial charge in [-0.2, -0.15) is 4.98 Å². The van der Waals surface area contributed by atoms with Gasteiger partial charge < -0.3 is 19.5 Å². The second kappa shape index (κ2) is 9.44. The molecular weight excluding hydrogens is 270 g/mol. The molecule has 1 heterocycles. The van der Waals surface area contributed by atoms with Crippen molar-refractivity contribution in [2.75, 3.05) is 45.4 Å². The fourth-order valence-corrected chi connectivity index (χ4v) is 1.45. The summed E-state index contributed by atoms with van der Waals surface area (Å²) in [6.45, 7) is 3.89. The SMILES string of the molecule is CCNc1nc(OCCOCCCOC)c(F)cc1F. The van der Waals surface area contributed by atoms with E-state index in [0.29, 0.717) is 26.4 Å². The van der Waals surface area contributed by atoms with Crippen molar-refractivity contribution in [3.63, 3.8) is 0 Å². The molecule has 0 bridgehead atoms. The Morgan fingerprint density at radius 2 is 1.95 bits per heavy atom. The van der Waals surface area contributed by atoms with Crippen LogP contribution >= 0.6 is 0 Å². The molecule has 1 rings (SSSR count). The van der Waals surface area contributed by atoms with E-state index in [0.717, 1.165) is 12.5 Å². The molecule has 0 radical (unpaired) electrons. The molecule has 0 aliphatic heterocycles. The van der Waals surface area contributed by atoms with E-state index in [9.17, 15) is 8.78 Å². The standard InChI is InChI=1S/C13H20F2N2O3/c1-3-16-12-10(14)9-11(15)13(17-12)20-8-7-19-6-4-5-18-2/h9H,3-8H2,1-2H3,(H,16,17). The molecule has 1 aromatic rings. The molecule has 1 N–H and O–H groups in total. The summed E-state index contributed by atoms with van der Waals surface area (Å²) in [7, 11) is 1.62. The third-order valence-corrected chi connectivity index (χ3v) is 2.35. The third-order valence-electron chi connectivity index (χ3n) is 2.35. The quantitative estimate of drug-likeness (QED) is 0.670. The molecule has 0 aliphatic rings. The molecule has 0 spiro atoms. The zero-order chi connectivity index (χ0) is 14.8. The van der Waals surface area contributed by atoms with Gasteiger partial charge in [-0.3, -0.25) is 0 Å². The van der Waals surface area contributed by atoms with Gasteiger partial charge in [0.05, 0.1) is 6.61 Å². The van der Waals surface area contributed by atoms with E-state index in [-0.39, 0.29) is 18.3 Å². The first-order valence-electron chi connectivity index (χ1n) is 6.48. The molecule has 0 saturated heterocycles. The topological polar surface area (TPSA) is 52.6 Å². The number of hydrogen-bond acceptors (Lipinski definition) is 5. The predicted octanol–water partition coefficient (Wildman–Crippen LogP) is 2.22. The number of aromatic nitrogens is 1. The maximum absolute atomic E-state index is 13.4.